The summed E-state index contributed by atoms with van der Waals surface area (Å²) in [6.07, 6.45) is 1.71. The maximum absolute atomic E-state index is 12.9. The number of amides is 2. The Hall–Kier alpha value is -2.48. The standard InChI is InChI=1S/C25H29N3O2S2/c1-17-5-8-19(9-6-17)24(21-4-3-15-31-21)27-23(29)16-28-13-11-20(12-14-28)26-25(30)22-10-7-18(2)32-22/h3-10,15,20,24H,11-14,16H2,1-2H3,(H,26,30)(H,27,29). The van der Waals surface area contributed by atoms with E-state index >= 15 is 0 Å². The lowest BCUT2D eigenvalue weighted by Gasteiger charge is -2.32. The molecule has 0 aliphatic carbocycles. The van der Waals surface area contributed by atoms with Crippen LogP contribution in [-0.2, 0) is 4.79 Å². The quantitative estimate of drug-likeness (QED) is 0.537. The summed E-state index contributed by atoms with van der Waals surface area (Å²) in [5.41, 5.74) is 2.30. The van der Waals surface area contributed by atoms with Crippen molar-refractivity contribution in [3.63, 3.8) is 0 Å². The molecule has 168 valence electrons. The average Bonchev–Trinajstić information content (AvgIpc) is 3.46. The molecule has 0 bridgehead atoms. The fraction of sp³-hybridized carbons (Fsp3) is 0.360. The minimum absolute atomic E-state index is 0.0104. The summed E-state index contributed by atoms with van der Waals surface area (Å²) in [6, 6.07) is 16.3. The molecule has 4 rings (SSSR count). The molecule has 1 atom stereocenters. The number of benzene rings is 1. The summed E-state index contributed by atoms with van der Waals surface area (Å²) >= 11 is 3.18. The highest BCUT2D eigenvalue weighted by molar-refractivity contribution is 7.13. The van der Waals surface area contributed by atoms with Crippen LogP contribution in [0, 0.1) is 13.8 Å². The largest absolute Gasteiger partial charge is 0.349 e. The second-order valence-corrected chi connectivity index (χ2v) is 10.6. The SMILES string of the molecule is Cc1ccc(C(NC(=O)CN2CCC(NC(=O)c3ccc(C)s3)CC2)c2cccs2)cc1. The first-order valence-corrected chi connectivity index (χ1v) is 12.7. The Morgan fingerprint density at radius 3 is 2.44 bits per heavy atom. The highest BCUT2D eigenvalue weighted by Crippen LogP contribution is 2.26. The predicted octanol–water partition coefficient (Wildman–Crippen LogP) is 4.53. The second kappa shape index (κ2) is 10.4. The van der Waals surface area contributed by atoms with Crippen LogP contribution in [-0.4, -0.2) is 42.4 Å². The van der Waals surface area contributed by atoms with E-state index in [1.807, 2.05) is 30.5 Å². The molecule has 1 aliphatic rings. The number of piperidine rings is 1. The van der Waals surface area contributed by atoms with Gasteiger partial charge in [-0.3, -0.25) is 14.5 Å². The summed E-state index contributed by atoms with van der Waals surface area (Å²) in [5, 5.41) is 8.42. The van der Waals surface area contributed by atoms with E-state index in [2.05, 4.69) is 52.8 Å². The molecule has 2 aromatic heterocycles. The molecule has 32 heavy (non-hydrogen) atoms. The molecule has 3 heterocycles. The van der Waals surface area contributed by atoms with Gasteiger partial charge < -0.3 is 10.6 Å². The molecule has 2 N–H and O–H groups in total. The molecule has 1 unspecified atom stereocenters. The van der Waals surface area contributed by atoms with Crippen LogP contribution in [0.4, 0.5) is 0 Å². The molecule has 1 aliphatic heterocycles. The first-order valence-electron chi connectivity index (χ1n) is 11.0. The van der Waals surface area contributed by atoms with E-state index in [1.54, 1.807) is 11.3 Å². The Kier molecular flexibility index (Phi) is 7.40. The lowest BCUT2D eigenvalue weighted by Crippen LogP contribution is -2.47. The third-order valence-corrected chi connectivity index (χ3v) is 7.73. The molecule has 5 nitrogen and oxygen atoms in total. The van der Waals surface area contributed by atoms with Crippen LogP contribution < -0.4 is 10.6 Å². The van der Waals surface area contributed by atoms with Crippen molar-refractivity contribution < 1.29 is 9.59 Å². The molecule has 1 aromatic carbocycles. The van der Waals surface area contributed by atoms with Gasteiger partial charge in [0.25, 0.3) is 5.91 Å². The van der Waals surface area contributed by atoms with E-state index in [1.165, 1.54) is 16.9 Å². The van der Waals surface area contributed by atoms with Crippen molar-refractivity contribution in [2.24, 2.45) is 0 Å². The summed E-state index contributed by atoms with van der Waals surface area (Å²) in [6.45, 7) is 6.05. The Balaban J connectivity index is 1.29. The van der Waals surface area contributed by atoms with Crippen molar-refractivity contribution in [1.29, 1.82) is 0 Å². The van der Waals surface area contributed by atoms with Crippen molar-refractivity contribution >= 4 is 34.5 Å². The van der Waals surface area contributed by atoms with Crippen molar-refractivity contribution in [3.8, 4) is 0 Å². The van der Waals surface area contributed by atoms with Gasteiger partial charge in [-0.05, 0) is 55.8 Å². The van der Waals surface area contributed by atoms with Gasteiger partial charge in [0.1, 0.15) is 0 Å². The van der Waals surface area contributed by atoms with E-state index in [4.69, 9.17) is 0 Å². The fourth-order valence-corrected chi connectivity index (χ4v) is 5.56. The molecule has 0 saturated carbocycles. The van der Waals surface area contributed by atoms with Crippen molar-refractivity contribution in [2.45, 2.75) is 38.8 Å². The van der Waals surface area contributed by atoms with Crippen LogP contribution in [0.1, 0.15) is 49.4 Å². The first kappa shape index (κ1) is 22.7. The number of nitrogens with one attached hydrogen (secondary N) is 2. The van der Waals surface area contributed by atoms with Crippen LogP contribution in [0.5, 0.6) is 0 Å². The van der Waals surface area contributed by atoms with E-state index in [0.29, 0.717) is 6.54 Å². The summed E-state index contributed by atoms with van der Waals surface area (Å²) in [4.78, 5) is 30.5. The van der Waals surface area contributed by atoms with Crippen LogP contribution in [0.25, 0.3) is 0 Å². The Morgan fingerprint density at radius 2 is 1.81 bits per heavy atom. The highest BCUT2D eigenvalue weighted by atomic mass is 32.1. The third kappa shape index (κ3) is 5.85. The number of hydrogen-bond acceptors (Lipinski definition) is 5. The zero-order valence-electron chi connectivity index (χ0n) is 18.5. The van der Waals surface area contributed by atoms with E-state index in [9.17, 15) is 9.59 Å². The number of carbonyl (C=O) groups is 2. The monoisotopic (exact) mass is 467 g/mol. The number of carbonyl (C=O) groups excluding carboxylic acids is 2. The van der Waals surface area contributed by atoms with Gasteiger partial charge in [0.05, 0.1) is 17.5 Å². The maximum Gasteiger partial charge on any atom is 0.261 e. The lowest BCUT2D eigenvalue weighted by molar-refractivity contribution is -0.123. The number of nitrogens with zero attached hydrogens (tertiary/aromatic N) is 1. The summed E-state index contributed by atoms with van der Waals surface area (Å²) in [7, 11) is 0. The molecule has 3 aromatic rings. The van der Waals surface area contributed by atoms with Crippen molar-refractivity contribution in [2.75, 3.05) is 19.6 Å². The number of thiophene rings is 2. The highest BCUT2D eigenvalue weighted by Gasteiger charge is 2.24. The van der Waals surface area contributed by atoms with E-state index in [-0.39, 0.29) is 23.9 Å². The maximum atomic E-state index is 12.9. The van der Waals surface area contributed by atoms with Gasteiger partial charge in [-0.25, -0.2) is 0 Å². The van der Waals surface area contributed by atoms with Crippen LogP contribution in [0.3, 0.4) is 0 Å². The van der Waals surface area contributed by atoms with Crippen molar-refractivity contribution in [1.82, 2.24) is 15.5 Å². The van der Waals surface area contributed by atoms with Gasteiger partial charge in [0, 0.05) is 28.9 Å². The molecule has 1 saturated heterocycles. The van der Waals surface area contributed by atoms with Gasteiger partial charge in [0.15, 0.2) is 0 Å². The topological polar surface area (TPSA) is 61.4 Å². The van der Waals surface area contributed by atoms with Gasteiger partial charge in [-0.15, -0.1) is 22.7 Å². The zero-order valence-corrected chi connectivity index (χ0v) is 20.1. The number of rotatable bonds is 7. The van der Waals surface area contributed by atoms with Gasteiger partial charge >= 0.3 is 0 Å². The molecular formula is C25H29N3O2S2. The average molecular weight is 468 g/mol. The van der Waals surface area contributed by atoms with E-state index in [0.717, 1.165) is 46.1 Å². The van der Waals surface area contributed by atoms with Crippen LogP contribution >= 0.6 is 22.7 Å². The minimum Gasteiger partial charge on any atom is -0.349 e. The van der Waals surface area contributed by atoms with Crippen molar-refractivity contribution in [3.05, 3.63) is 79.7 Å². The summed E-state index contributed by atoms with van der Waals surface area (Å²) < 4.78 is 0. The minimum atomic E-state index is -0.130. The number of aryl methyl sites for hydroxylation is 2. The first-order chi connectivity index (χ1) is 15.5. The van der Waals surface area contributed by atoms with Gasteiger partial charge in [0.2, 0.25) is 5.91 Å². The van der Waals surface area contributed by atoms with Gasteiger partial charge in [-0.2, -0.15) is 0 Å². The predicted molar refractivity (Wildman–Crippen MR) is 131 cm³/mol. The second-order valence-electron chi connectivity index (χ2n) is 8.36. The molecule has 0 radical (unpaired) electrons. The molecule has 1 fully saturated rings. The molecule has 2 amide bonds. The molecule has 0 spiro atoms. The third-order valence-electron chi connectivity index (χ3n) is 5.80. The van der Waals surface area contributed by atoms with E-state index < -0.39 is 0 Å². The van der Waals surface area contributed by atoms with Crippen LogP contribution in [0.15, 0.2) is 53.9 Å². The molecular weight excluding hydrogens is 438 g/mol. The van der Waals surface area contributed by atoms with Crippen LogP contribution in [0.2, 0.25) is 0 Å². The number of likely N-dealkylation sites (tertiary alicyclic amines) is 1. The molecule has 7 heteroatoms. The Labute approximate surface area is 197 Å². The lowest BCUT2D eigenvalue weighted by atomic mass is 10.0. The fourth-order valence-electron chi connectivity index (χ4n) is 3.99. The Bertz CT molecular complexity index is 1040. The number of hydrogen-bond donors (Lipinski definition) is 2. The normalized spacial score (nSPS) is 15.9. The smallest absolute Gasteiger partial charge is 0.261 e. The van der Waals surface area contributed by atoms with Gasteiger partial charge in [-0.1, -0.05) is 35.9 Å². The zero-order chi connectivity index (χ0) is 22.5. The Morgan fingerprint density at radius 1 is 1.06 bits per heavy atom. The summed E-state index contributed by atoms with van der Waals surface area (Å²) in [5.74, 6) is 0.0386.